The van der Waals surface area contributed by atoms with Gasteiger partial charge in [-0.3, -0.25) is 14.5 Å². The third kappa shape index (κ3) is 4.72. The van der Waals surface area contributed by atoms with E-state index >= 15 is 0 Å². The number of benzene rings is 2. The highest BCUT2D eigenvalue weighted by atomic mass is 19.1. The van der Waals surface area contributed by atoms with Crippen LogP contribution in [0.3, 0.4) is 0 Å². The monoisotopic (exact) mass is 437 g/mol. The molecule has 0 unspecified atom stereocenters. The topological polar surface area (TPSA) is 62.2 Å². The quantitative estimate of drug-likeness (QED) is 0.643. The Bertz CT molecular complexity index is 995. The molecule has 32 heavy (non-hydrogen) atoms. The zero-order valence-electron chi connectivity index (χ0n) is 18.2. The maximum absolute atomic E-state index is 14.7. The van der Waals surface area contributed by atoms with E-state index in [0.717, 1.165) is 24.1 Å². The molecule has 0 N–H and O–H groups in total. The summed E-state index contributed by atoms with van der Waals surface area (Å²) in [4.78, 5) is 27.7. The van der Waals surface area contributed by atoms with Crippen LogP contribution in [-0.2, 0) is 14.3 Å². The highest BCUT2D eigenvalue weighted by Gasteiger charge is 2.37. The second-order valence-corrected chi connectivity index (χ2v) is 8.13. The molecule has 2 aromatic rings. The van der Waals surface area contributed by atoms with Crippen LogP contribution in [0.5, 0.6) is 0 Å². The van der Waals surface area contributed by atoms with Gasteiger partial charge in [0, 0.05) is 12.0 Å². The highest BCUT2D eigenvalue weighted by Crippen LogP contribution is 2.34. The third-order valence-electron chi connectivity index (χ3n) is 6.05. The Morgan fingerprint density at radius 1 is 1.09 bits per heavy atom. The number of piperidine rings is 1. The van der Waals surface area contributed by atoms with Gasteiger partial charge in [0.2, 0.25) is 0 Å². The number of amides is 1. The summed E-state index contributed by atoms with van der Waals surface area (Å²) in [6, 6.07) is 15.2. The Hall–Kier alpha value is -3.06. The van der Waals surface area contributed by atoms with Crippen molar-refractivity contribution in [1.82, 2.24) is 9.91 Å². The van der Waals surface area contributed by atoms with Crippen molar-refractivity contribution < 1.29 is 18.7 Å². The fourth-order valence-electron chi connectivity index (χ4n) is 4.46. The zero-order valence-corrected chi connectivity index (χ0v) is 18.2. The second-order valence-electron chi connectivity index (χ2n) is 8.13. The predicted molar refractivity (Wildman–Crippen MR) is 119 cm³/mol. The summed E-state index contributed by atoms with van der Waals surface area (Å²) in [6.45, 7) is 2.77. The van der Waals surface area contributed by atoms with Crippen molar-refractivity contribution in [2.45, 2.75) is 44.7 Å². The van der Waals surface area contributed by atoms with Crippen LogP contribution in [0, 0.1) is 5.82 Å². The van der Waals surface area contributed by atoms with Crippen LogP contribution in [0.1, 0.15) is 49.8 Å². The van der Waals surface area contributed by atoms with Gasteiger partial charge in [0.25, 0.3) is 5.91 Å². The number of likely N-dealkylation sites (tertiary alicyclic amines) is 1. The number of hydrogen-bond acceptors (Lipinski definition) is 5. The molecule has 0 spiro atoms. The lowest BCUT2D eigenvalue weighted by atomic mass is 9.98. The number of halogens is 1. The first-order valence-corrected chi connectivity index (χ1v) is 11.2. The van der Waals surface area contributed by atoms with Gasteiger partial charge in [-0.05, 0) is 37.9 Å². The molecule has 6 nitrogen and oxygen atoms in total. The molecule has 0 bridgehead atoms. The van der Waals surface area contributed by atoms with E-state index in [4.69, 9.17) is 4.74 Å². The van der Waals surface area contributed by atoms with E-state index in [-0.39, 0.29) is 24.2 Å². The molecule has 2 aliphatic heterocycles. The molecule has 0 radical (unpaired) electrons. The standard InChI is InChI=1S/C25H28FN3O3/c1-2-32-25(31)22-14-8-9-15-28(22)17-24(30)29-23(19-12-6-7-13-20(19)26)16-21(27-29)18-10-4-3-5-11-18/h3-7,10-13,22-23H,2,8-9,14-17H2,1H3/t22-,23+/m1/s1. The molecule has 2 aliphatic rings. The average Bonchev–Trinajstić information content (AvgIpc) is 3.26. The molecule has 0 saturated carbocycles. The summed E-state index contributed by atoms with van der Waals surface area (Å²) in [5.41, 5.74) is 2.09. The number of hydrazone groups is 1. The van der Waals surface area contributed by atoms with Gasteiger partial charge < -0.3 is 4.74 Å². The van der Waals surface area contributed by atoms with Crippen LogP contribution in [-0.4, -0.2) is 53.2 Å². The third-order valence-corrected chi connectivity index (χ3v) is 6.05. The summed E-state index contributed by atoms with van der Waals surface area (Å²) in [6.07, 6.45) is 2.93. The number of nitrogens with zero attached hydrogens (tertiary/aromatic N) is 3. The van der Waals surface area contributed by atoms with Crippen LogP contribution in [0.25, 0.3) is 0 Å². The Labute approximate surface area is 187 Å². The van der Waals surface area contributed by atoms with Gasteiger partial charge in [0.05, 0.1) is 24.9 Å². The Morgan fingerprint density at radius 3 is 2.59 bits per heavy atom. The van der Waals surface area contributed by atoms with Crippen molar-refractivity contribution >= 4 is 17.6 Å². The van der Waals surface area contributed by atoms with Crippen molar-refractivity contribution in [2.75, 3.05) is 19.7 Å². The first-order chi connectivity index (χ1) is 15.6. The van der Waals surface area contributed by atoms with Crippen LogP contribution in [0.15, 0.2) is 59.7 Å². The van der Waals surface area contributed by atoms with Crippen LogP contribution in [0.4, 0.5) is 4.39 Å². The first kappa shape index (κ1) is 22.1. The molecule has 2 atom stereocenters. The van der Waals surface area contributed by atoms with Gasteiger partial charge in [-0.25, -0.2) is 9.40 Å². The SMILES string of the molecule is CCOC(=O)[C@H]1CCCCN1CC(=O)N1N=C(c2ccccc2)C[C@H]1c1ccccc1F. The maximum Gasteiger partial charge on any atom is 0.323 e. The van der Waals surface area contributed by atoms with E-state index < -0.39 is 12.1 Å². The zero-order chi connectivity index (χ0) is 22.5. The fraction of sp³-hybridized carbons (Fsp3) is 0.400. The number of esters is 1. The molecule has 1 saturated heterocycles. The van der Waals surface area contributed by atoms with Crippen molar-refractivity contribution in [3.8, 4) is 0 Å². The van der Waals surface area contributed by atoms with E-state index in [1.807, 2.05) is 35.2 Å². The van der Waals surface area contributed by atoms with Crippen molar-refractivity contribution in [2.24, 2.45) is 5.10 Å². The molecule has 7 heteroatoms. The van der Waals surface area contributed by atoms with Gasteiger partial charge >= 0.3 is 5.97 Å². The number of rotatable bonds is 6. The fourth-order valence-corrected chi connectivity index (χ4v) is 4.46. The Balaban J connectivity index is 1.60. The van der Waals surface area contributed by atoms with E-state index in [0.29, 0.717) is 31.6 Å². The van der Waals surface area contributed by atoms with Gasteiger partial charge in [0.1, 0.15) is 11.9 Å². The number of carbonyl (C=O) groups excluding carboxylic acids is 2. The summed E-state index contributed by atoms with van der Waals surface area (Å²) in [5.74, 6) is -0.900. The van der Waals surface area contributed by atoms with Crippen LogP contribution in [0.2, 0.25) is 0 Å². The molecule has 168 valence electrons. The number of hydrogen-bond donors (Lipinski definition) is 0. The highest BCUT2D eigenvalue weighted by molar-refractivity contribution is 6.03. The van der Waals surface area contributed by atoms with Gasteiger partial charge in [-0.1, -0.05) is 55.0 Å². The van der Waals surface area contributed by atoms with Gasteiger partial charge in [-0.2, -0.15) is 5.10 Å². The lowest BCUT2D eigenvalue weighted by Crippen LogP contribution is -2.49. The Kier molecular flexibility index (Phi) is 6.95. The van der Waals surface area contributed by atoms with Crippen molar-refractivity contribution in [3.63, 3.8) is 0 Å². The minimum Gasteiger partial charge on any atom is -0.465 e. The molecular formula is C25H28FN3O3. The number of carbonyl (C=O) groups is 2. The normalized spacial score (nSPS) is 21.3. The molecule has 4 rings (SSSR count). The molecule has 0 aromatic heterocycles. The molecule has 1 fully saturated rings. The van der Waals surface area contributed by atoms with Crippen LogP contribution >= 0.6 is 0 Å². The smallest absolute Gasteiger partial charge is 0.323 e. The van der Waals surface area contributed by atoms with Gasteiger partial charge in [0.15, 0.2) is 0 Å². The number of ether oxygens (including phenoxy) is 1. The minimum absolute atomic E-state index is 0.0417. The van der Waals surface area contributed by atoms with Crippen LogP contribution < -0.4 is 0 Å². The molecule has 0 aliphatic carbocycles. The summed E-state index contributed by atoms with van der Waals surface area (Å²) < 4.78 is 19.9. The molecule has 1 amide bonds. The molecular weight excluding hydrogens is 409 g/mol. The predicted octanol–water partition coefficient (Wildman–Crippen LogP) is 3.92. The van der Waals surface area contributed by atoms with Crippen molar-refractivity contribution in [3.05, 3.63) is 71.5 Å². The van der Waals surface area contributed by atoms with E-state index in [2.05, 4.69) is 5.10 Å². The van der Waals surface area contributed by atoms with E-state index in [1.165, 1.54) is 11.1 Å². The molecule has 2 heterocycles. The minimum atomic E-state index is -0.523. The lowest BCUT2D eigenvalue weighted by Gasteiger charge is -2.34. The second kappa shape index (κ2) is 10.0. The van der Waals surface area contributed by atoms with E-state index in [1.54, 1.807) is 25.1 Å². The first-order valence-electron chi connectivity index (χ1n) is 11.2. The van der Waals surface area contributed by atoms with E-state index in [9.17, 15) is 14.0 Å². The summed E-state index contributed by atoms with van der Waals surface area (Å²) in [5, 5.41) is 6.02. The Morgan fingerprint density at radius 2 is 1.84 bits per heavy atom. The lowest BCUT2D eigenvalue weighted by molar-refractivity contribution is -0.152. The average molecular weight is 438 g/mol. The van der Waals surface area contributed by atoms with Gasteiger partial charge in [-0.15, -0.1) is 0 Å². The largest absolute Gasteiger partial charge is 0.465 e. The maximum atomic E-state index is 14.7. The van der Waals surface area contributed by atoms with Crippen molar-refractivity contribution in [1.29, 1.82) is 0 Å². The summed E-state index contributed by atoms with van der Waals surface area (Å²) in [7, 11) is 0. The summed E-state index contributed by atoms with van der Waals surface area (Å²) >= 11 is 0. The molecule has 2 aromatic carbocycles.